The molecule has 0 aliphatic carbocycles. The molecule has 0 aliphatic heterocycles. The van der Waals surface area contributed by atoms with Gasteiger partial charge in [0, 0.05) is 5.56 Å². The van der Waals surface area contributed by atoms with Gasteiger partial charge in [-0.25, -0.2) is 9.37 Å². The van der Waals surface area contributed by atoms with E-state index in [0.717, 1.165) is 6.42 Å². The smallest absolute Gasteiger partial charge is 0.242 e. The van der Waals surface area contributed by atoms with Gasteiger partial charge in [-0.05, 0) is 19.4 Å². The zero-order chi connectivity index (χ0) is 15.2. The number of halogens is 1. The summed E-state index contributed by atoms with van der Waals surface area (Å²) < 4.78 is 19.2. The monoisotopic (exact) mass is 290 g/mol. The Balaban J connectivity index is 2.18. The fraction of sp³-hybridized carbons (Fsp3) is 0.333. The van der Waals surface area contributed by atoms with Gasteiger partial charge in [-0.2, -0.15) is 4.98 Å². The van der Waals surface area contributed by atoms with Crippen LogP contribution in [0.5, 0.6) is 5.88 Å². The van der Waals surface area contributed by atoms with Crippen molar-refractivity contribution in [2.24, 2.45) is 0 Å². The number of rotatable bonds is 6. The number of aromatic nitrogens is 2. The molecule has 1 atom stereocenters. The van der Waals surface area contributed by atoms with Crippen LogP contribution in [-0.2, 0) is 0 Å². The maximum Gasteiger partial charge on any atom is 0.242 e. The van der Waals surface area contributed by atoms with Crippen molar-refractivity contribution in [2.75, 3.05) is 17.7 Å². The first kappa shape index (κ1) is 15.0. The molecule has 112 valence electrons. The second kappa shape index (κ2) is 6.88. The summed E-state index contributed by atoms with van der Waals surface area (Å²) in [5.41, 5.74) is 6.86. The molecule has 0 amide bonds. The Morgan fingerprint density at radius 1 is 1.33 bits per heavy atom. The molecule has 1 aromatic heterocycles. The molecule has 1 aromatic carbocycles. The Labute approximate surface area is 123 Å². The van der Waals surface area contributed by atoms with Crippen LogP contribution in [0.3, 0.4) is 0 Å². The Morgan fingerprint density at radius 2 is 2.10 bits per heavy atom. The molecule has 0 saturated carbocycles. The van der Waals surface area contributed by atoms with E-state index in [1.807, 2.05) is 13.8 Å². The van der Waals surface area contributed by atoms with Gasteiger partial charge >= 0.3 is 0 Å². The zero-order valence-electron chi connectivity index (χ0n) is 12.1. The van der Waals surface area contributed by atoms with Crippen molar-refractivity contribution >= 4 is 11.5 Å². The number of hydrogen-bond acceptors (Lipinski definition) is 5. The Morgan fingerprint density at radius 3 is 2.81 bits per heavy atom. The third-order valence-electron chi connectivity index (χ3n) is 3.02. The van der Waals surface area contributed by atoms with Crippen LogP contribution < -0.4 is 15.8 Å². The van der Waals surface area contributed by atoms with Gasteiger partial charge in [0.1, 0.15) is 17.8 Å². The van der Waals surface area contributed by atoms with E-state index in [-0.39, 0.29) is 11.9 Å². The average Bonchev–Trinajstić information content (AvgIpc) is 2.48. The van der Waals surface area contributed by atoms with Crippen LogP contribution in [-0.4, -0.2) is 16.6 Å². The molecule has 5 nitrogen and oxygen atoms in total. The average molecular weight is 290 g/mol. The largest absolute Gasteiger partial charge is 0.476 e. The first-order valence-electron chi connectivity index (χ1n) is 6.87. The van der Waals surface area contributed by atoms with Crippen LogP contribution in [0.4, 0.5) is 15.9 Å². The van der Waals surface area contributed by atoms with Crippen LogP contribution in [0.15, 0.2) is 30.6 Å². The Bertz CT molecular complexity index is 606. The molecule has 1 heterocycles. The highest BCUT2D eigenvalue weighted by Gasteiger charge is 2.14. The summed E-state index contributed by atoms with van der Waals surface area (Å²) in [6.45, 7) is 4.37. The lowest BCUT2D eigenvalue weighted by atomic mass is 10.1. The van der Waals surface area contributed by atoms with Gasteiger partial charge < -0.3 is 15.8 Å². The molecular formula is C15H19FN4O. The number of ether oxygens (including phenoxy) is 1. The van der Waals surface area contributed by atoms with Crippen LogP contribution >= 0.6 is 0 Å². The highest BCUT2D eigenvalue weighted by atomic mass is 19.1. The van der Waals surface area contributed by atoms with E-state index in [1.165, 1.54) is 12.4 Å². The minimum Gasteiger partial charge on any atom is -0.476 e. The van der Waals surface area contributed by atoms with Gasteiger partial charge in [0.25, 0.3) is 0 Å². The number of hydrogen-bond donors (Lipinski definition) is 2. The number of nitrogen functional groups attached to an aromatic ring is 1. The lowest BCUT2D eigenvalue weighted by Crippen LogP contribution is -2.12. The maximum absolute atomic E-state index is 13.8. The van der Waals surface area contributed by atoms with Crippen molar-refractivity contribution in [3.8, 4) is 5.88 Å². The molecule has 1 unspecified atom stereocenters. The second-order valence-corrected chi connectivity index (χ2v) is 4.68. The lowest BCUT2D eigenvalue weighted by molar-refractivity contribution is 0.306. The van der Waals surface area contributed by atoms with Crippen molar-refractivity contribution in [3.63, 3.8) is 0 Å². The summed E-state index contributed by atoms with van der Waals surface area (Å²) >= 11 is 0. The second-order valence-electron chi connectivity index (χ2n) is 4.68. The number of nitrogens with two attached hydrogens (primary N) is 1. The SMILES string of the molecule is CCCOc1ncnc(NC(C)c2ccccc2F)c1N. The van der Waals surface area contributed by atoms with Gasteiger partial charge in [0.2, 0.25) is 5.88 Å². The number of nitrogens with one attached hydrogen (secondary N) is 1. The molecule has 0 saturated heterocycles. The molecule has 0 fully saturated rings. The van der Waals surface area contributed by atoms with E-state index >= 15 is 0 Å². The molecular weight excluding hydrogens is 271 g/mol. The predicted molar refractivity (Wildman–Crippen MR) is 80.7 cm³/mol. The van der Waals surface area contributed by atoms with Crippen LogP contribution in [0.2, 0.25) is 0 Å². The van der Waals surface area contributed by atoms with Crippen LogP contribution in [0, 0.1) is 5.82 Å². The summed E-state index contributed by atoms with van der Waals surface area (Å²) in [5, 5.41) is 3.09. The molecule has 21 heavy (non-hydrogen) atoms. The van der Waals surface area contributed by atoms with E-state index in [0.29, 0.717) is 29.6 Å². The molecule has 2 aromatic rings. The van der Waals surface area contributed by atoms with Crippen LogP contribution in [0.1, 0.15) is 31.9 Å². The van der Waals surface area contributed by atoms with E-state index < -0.39 is 0 Å². The summed E-state index contributed by atoms with van der Waals surface area (Å²) in [5.74, 6) is 0.509. The molecule has 0 radical (unpaired) electrons. The van der Waals surface area contributed by atoms with Crippen molar-refractivity contribution in [2.45, 2.75) is 26.3 Å². The third-order valence-corrected chi connectivity index (χ3v) is 3.02. The minimum atomic E-state index is -0.276. The van der Waals surface area contributed by atoms with E-state index in [4.69, 9.17) is 10.5 Å². The summed E-state index contributed by atoms with van der Waals surface area (Å²) in [7, 11) is 0. The summed E-state index contributed by atoms with van der Waals surface area (Å²) in [4.78, 5) is 8.09. The van der Waals surface area contributed by atoms with Crippen molar-refractivity contribution in [1.29, 1.82) is 0 Å². The van der Waals surface area contributed by atoms with Gasteiger partial charge in [-0.3, -0.25) is 0 Å². The quantitative estimate of drug-likeness (QED) is 0.855. The lowest BCUT2D eigenvalue weighted by Gasteiger charge is -2.17. The van der Waals surface area contributed by atoms with Crippen molar-refractivity contribution < 1.29 is 9.13 Å². The van der Waals surface area contributed by atoms with Gasteiger partial charge in [0.05, 0.1) is 12.6 Å². The zero-order valence-corrected chi connectivity index (χ0v) is 12.1. The first-order valence-corrected chi connectivity index (χ1v) is 6.87. The fourth-order valence-electron chi connectivity index (χ4n) is 1.92. The minimum absolute atomic E-state index is 0.271. The van der Waals surface area contributed by atoms with Gasteiger partial charge in [-0.1, -0.05) is 25.1 Å². The number of nitrogens with zero attached hydrogens (tertiary/aromatic N) is 2. The predicted octanol–water partition coefficient (Wildman–Crippen LogP) is 3.16. The van der Waals surface area contributed by atoms with Crippen molar-refractivity contribution in [1.82, 2.24) is 9.97 Å². The molecule has 0 bridgehead atoms. The molecule has 6 heteroatoms. The van der Waals surface area contributed by atoms with Crippen LogP contribution in [0.25, 0.3) is 0 Å². The Kier molecular flexibility index (Phi) is 4.92. The standard InChI is InChI=1S/C15H19FN4O/c1-3-8-21-15-13(17)14(18-9-19-15)20-10(2)11-6-4-5-7-12(11)16/h4-7,9-10H,3,8,17H2,1-2H3,(H,18,19,20). The van der Waals surface area contributed by atoms with Crippen molar-refractivity contribution in [3.05, 3.63) is 42.0 Å². The summed E-state index contributed by atoms with van der Waals surface area (Å²) in [6, 6.07) is 6.31. The fourth-order valence-corrected chi connectivity index (χ4v) is 1.92. The topological polar surface area (TPSA) is 73.1 Å². The third kappa shape index (κ3) is 3.59. The summed E-state index contributed by atoms with van der Waals surface area (Å²) in [6.07, 6.45) is 2.23. The van der Waals surface area contributed by atoms with E-state index in [9.17, 15) is 4.39 Å². The molecule has 0 spiro atoms. The molecule has 2 rings (SSSR count). The van der Waals surface area contributed by atoms with Gasteiger partial charge in [-0.15, -0.1) is 0 Å². The number of anilines is 2. The normalized spacial score (nSPS) is 12.0. The maximum atomic E-state index is 13.8. The Hall–Kier alpha value is -2.37. The highest BCUT2D eigenvalue weighted by molar-refractivity contribution is 5.66. The molecule has 0 aliphatic rings. The van der Waals surface area contributed by atoms with Gasteiger partial charge in [0.15, 0.2) is 5.82 Å². The molecule has 3 N–H and O–H groups in total. The number of benzene rings is 1. The highest BCUT2D eigenvalue weighted by Crippen LogP contribution is 2.28. The van der Waals surface area contributed by atoms with E-state index in [1.54, 1.807) is 18.2 Å². The van der Waals surface area contributed by atoms with E-state index in [2.05, 4.69) is 15.3 Å². The first-order chi connectivity index (χ1) is 10.1.